The van der Waals surface area contributed by atoms with Crippen molar-refractivity contribution in [1.82, 2.24) is 14.9 Å². The SMILES string of the molecule is COCCNC(=O)c1ccc(CSc2nccn2C)cc1. The number of methoxy groups -OCH3 is 1. The zero-order valence-electron chi connectivity index (χ0n) is 12.2. The monoisotopic (exact) mass is 305 g/mol. The van der Waals surface area contributed by atoms with Gasteiger partial charge < -0.3 is 14.6 Å². The second kappa shape index (κ2) is 7.85. The zero-order valence-corrected chi connectivity index (χ0v) is 13.0. The van der Waals surface area contributed by atoms with Crippen LogP contribution in [-0.2, 0) is 17.5 Å². The summed E-state index contributed by atoms with van der Waals surface area (Å²) in [5, 5.41) is 3.78. The number of aromatic nitrogens is 2. The van der Waals surface area contributed by atoms with E-state index in [-0.39, 0.29) is 5.91 Å². The first-order valence-electron chi connectivity index (χ1n) is 6.67. The number of thioether (sulfide) groups is 1. The van der Waals surface area contributed by atoms with E-state index >= 15 is 0 Å². The number of benzene rings is 1. The number of aryl methyl sites for hydroxylation is 1. The summed E-state index contributed by atoms with van der Waals surface area (Å²) in [5.41, 5.74) is 1.83. The van der Waals surface area contributed by atoms with Gasteiger partial charge in [0.05, 0.1) is 6.61 Å². The molecule has 0 saturated carbocycles. The van der Waals surface area contributed by atoms with Crippen molar-refractivity contribution in [2.45, 2.75) is 10.9 Å². The predicted octanol–water partition coefficient (Wildman–Crippen LogP) is 2.09. The Balaban J connectivity index is 1.87. The third kappa shape index (κ3) is 4.61. The van der Waals surface area contributed by atoms with E-state index in [1.165, 1.54) is 0 Å². The molecule has 1 N–H and O–H groups in total. The lowest BCUT2D eigenvalue weighted by molar-refractivity contribution is 0.0937. The first-order chi connectivity index (χ1) is 10.2. The van der Waals surface area contributed by atoms with Crippen LogP contribution in [-0.4, -0.2) is 35.7 Å². The molecule has 2 aromatic rings. The third-order valence-electron chi connectivity index (χ3n) is 2.95. The van der Waals surface area contributed by atoms with Crippen molar-refractivity contribution in [2.75, 3.05) is 20.3 Å². The van der Waals surface area contributed by atoms with E-state index in [1.807, 2.05) is 42.1 Å². The fourth-order valence-corrected chi connectivity index (χ4v) is 2.65. The average molecular weight is 305 g/mol. The van der Waals surface area contributed by atoms with Crippen molar-refractivity contribution < 1.29 is 9.53 Å². The number of hydrogen-bond donors (Lipinski definition) is 1. The summed E-state index contributed by atoms with van der Waals surface area (Å²) in [7, 11) is 3.59. The van der Waals surface area contributed by atoms with Crippen LogP contribution in [0.5, 0.6) is 0 Å². The Morgan fingerprint density at radius 2 is 2.14 bits per heavy atom. The number of amides is 1. The second-order valence-corrected chi connectivity index (χ2v) is 5.50. The topological polar surface area (TPSA) is 56.1 Å². The highest BCUT2D eigenvalue weighted by Gasteiger charge is 2.05. The number of ether oxygens (including phenoxy) is 1. The number of hydrogen-bond acceptors (Lipinski definition) is 4. The molecule has 0 atom stereocenters. The van der Waals surface area contributed by atoms with Gasteiger partial charge in [-0.05, 0) is 17.7 Å². The quantitative estimate of drug-likeness (QED) is 0.628. The molecule has 1 aromatic heterocycles. The number of rotatable bonds is 7. The number of carbonyl (C=O) groups excluding carboxylic acids is 1. The van der Waals surface area contributed by atoms with Gasteiger partial charge in [0, 0.05) is 44.4 Å². The molecule has 0 aliphatic carbocycles. The molecule has 0 aliphatic heterocycles. The van der Waals surface area contributed by atoms with Gasteiger partial charge in [-0.15, -0.1) is 0 Å². The average Bonchev–Trinajstić information content (AvgIpc) is 2.91. The standard InChI is InChI=1S/C15H19N3O2S/c1-18-9-7-17-15(18)21-11-12-3-5-13(6-4-12)14(19)16-8-10-20-2/h3-7,9H,8,10-11H2,1-2H3,(H,16,19). The van der Waals surface area contributed by atoms with Gasteiger partial charge in [0.1, 0.15) is 0 Å². The van der Waals surface area contributed by atoms with Gasteiger partial charge in [-0.1, -0.05) is 23.9 Å². The van der Waals surface area contributed by atoms with Crippen LogP contribution in [0.2, 0.25) is 0 Å². The summed E-state index contributed by atoms with van der Waals surface area (Å²) < 4.78 is 6.89. The van der Waals surface area contributed by atoms with Gasteiger partial charge in [-0.25, -0.2) is 4.98 Å². The summed E-state index contributed by atoms with van der Waals surface area (Å²) in [6.45, 7) is 1.04. The van der Waals surface area contributed by atoms with Crippen molar-refractivity contribution in [3.05, 3.63) is 47.8 Å². The Morgan fingerprint density at radius 1 is 1.38 bits per heavy atom. The van der Waals surface area contributed by atoms with Gasteiger partial charge in [0.25, 0.3) is 5.91 Å². The molecule has 5 nitrogen and oxygen atoms in total. The molecule has 1 amide bonds. The lowest BCUT2D eigenvalue weighted by Gasteiger charge is -2.06. The van der Waals surface area contributed by atoms with Crippen LogP contribution in [0.25, 0.3) is 0 Å². The van der Waals surface area contributed by atoms with Crippen molar-refractivity contribution in [2.24, 2.45) is 7.05 Å². The minimum absolute atomic E-state index is 0.0737. The molecular formula is C15H19N3O2S. The Bertz CT molecular complexity index is 581. The molecule has 112 valence electrons. The Morgan fingerprint density at radius 3 is 2.76 bits per heavy atom. The molecule has 0 bridgehead atoms. The maximum absolute atomic E-state index is 11.8. The van der Waals surface area contributed by atoms with E-state index in [0.29, 0.717) is 18.7 Å². The van der Waals surface area contributed by atoms with Gasteiger partial charge in [-0.3, -0.25) is 4.79 Å². The largest absolute Gasteiger partial charge is 0.383 e. The molecule has 0 spiro atoms. The second-order valence-electron chi connectivity index (χ2n) is 4.56. The van der Waals surface area contributed by atoms with Gasteiger partial charge >= 0.3 is 0 Å². The maximum Gasteiger partial charge on any atom is 0.251 e. The first-order valence-corrected chi connectivity index (χ1v) is 7.65. The fraction of sp³-hybridized carbons (Fsp3) is 0.333. The highest BCUT2D eigenvalue weighted by molar-refractivity contribution is 7.98. The fourth-order valence-electron chi connectivity index (χ4n) is 1.76. The summed E-state index contributed by atoms with van der Waals surface area (Å²) in [4.78, 5) is 16.1. The molecule has 21 heavy (non-hydrogen) atoms. The number of carbonyl (C=O) groups is 1. The van der Waals surface area contributed by atoms with Crippen LogP contribution >= 0.6 is 11.8 Å². The van der Waals surface area contributed by atoms with E-state index < -0.39 is 0 Å². The minimum Gasteiger partial charge on any atom is -0.383 e. The Labute approximate surface area is 128 Å². The van der Waals surface area contributed by atoms with E-state index in [4.69, 9.17) is 4.74 Å². The van der Waals surface area contributed by atoms with E-state index in [0.717, 1.165) is 16.5 Å². The van der Waals surface area contributed by atoms with Crippen molar-refractivity contribution in [3.8, 4) is 0 Å². The molecular weight excluding hydrogens is 286 g/mol. The molecule has 1 heterocycles. The zero-order chi connectivity index (χ0) is 15.1. The predicted molar refractivity (Wildman–Crippen MR) is 83.4 cm³/mol. The van der Waals surface area contributed by atoms with Crippen molar-refractivity contribution in [3.63, 3.8) is 0 Å². The minimum atomic E-state index is -0.0737. The maximum atomic E-state index is 11.8. The summed E-state index contributed by atoms with van der Waals surface area (Å²) >= 11 is 1.67. The van der Waals surface area contributed by atoms with Crippen molar-refractivity contribution in [1.29, 1.82) is 0 Å². The summed E-state index contributed by atoms with van der Waals surface area (Å²) in [5.74, 6) is 0.756. The third-order valence-corrected chi connectivity index (χ3v) is 4.08. The van der Waals surface area contributed by atoms with E-state index in [1.54, 1.807) is 25.1 Å². The number of nitrogens with one attached hydrogen (secondary N) is 1. The van der Waals surface area contributed by atoms with Crippen LogP contribution in [0.4, 0.5) is 0 Å². The van der Waals surface area contributed by atoms with Gasteiger partial charge in [0.15, 0.2) is 5.16 Å². The molecule has 2 rings (SSSR count). The van der Waals surface area contributed by atoms with Crippen LogP contribution < -0.4 is 5.32 Å². The number of nitrogens with zero attached hydrogens (tertiary/aromatic N) is 2. The smallest absolute Gasteiger partial charge is 0.251 e. The number of imidazole rings is 1. The van der Waals surface area contributed by atoms with Crippen LogP contribution in [0, 0.1) is 0 Å². The molecule has 0 fully saturated rings. The first kappa shape index (κ1) is 15.6. The van der Waals surface area contributed by atoms with Crippen LogP contribution in [0.3, 0.4) is 0 Å². The van der Waals surface area contributed by atoms with Gasteiger partial charge in [-0.2, -0.15) is 0 Å². The lowest BCUT2D eigenvalue weighted by atomic mass is 10.1. The summed E-state index contributed by atoms with van der Waals surface area (Å²) in [6, 6.07) is 7.63. The van der Waals surface area contributed by atoms with Gasteiger partial charge in [0.2, 0.25) is 0 Å². The van der Waals surface area contributed by atoms with E-state index in [2.05, 4.69) is 10.3 Å². The molecule has 0 unspecified atom stereocenters. The molecule has 0 radical (unpaired) electrons. The molecule has 6 heteroatoms. The molecule has 1 aromatic carbocycles. The van der Waals surface area contributed by atoms with Crippen LogP contribution in [0.15, 0.2) is 41.8 Å². The summed E-state index contributed by atoms with van der Waals surface area (Å²) in [6.07, 6.45) is 3.71. The molecule has 0 aliphatic rings. The van der Waals surface area contributed by atoms with E-state index in [9.17, 15) is 4.79 Å². The Hall–Kier alpha value is -1.79. The Kier molecular flexibility index (Phi) is 5.83. The highest BCUT2D eigenvalue weighted by atomic mass is 32.2. The van der Waals surface area contributed by atoms with Crippen molar-refractivity contribution >= 4 is 17.7 Å². The van der Waals surface area contributed by atoms with Crippen LogP contribution in [0.1, 0.15) is 15.9 Å². The lowest BCUT2D eigenvalue weighted by Crippen LogP contribution is -2.26. The normalized spacial score (nSPS) is 10.6. The molecule has 0 saturated heterocycles. The highest BCUT2D eigenvalue weighted by Crippen LogP contribution is 2.20.